The first-order valence-electron chi connectivity index (χ1n) is 11.2. The van der Waals surface area contributed by atoms with E-state index >= 15 is 0 Å². The van der Waals surface area contributed by atoms with Gasteiger partial charge in [0.2, 0.25) is 0 Å². The van der Waals surface area contributed by atoms with Gasteiger partial charge >= 0.3 is 0 Å². The molecule has 0 saturated heterocycles. The van der Waals surface area contributed by atoms with Gasteiger partial charge in [-0.15, -0.1) is 0 Å². The molecule has 0 unspecified atom stereocenters. The van der Waals surface area contributed by atoms with Crippen LogP contribution in [-0.2, 0) is 0 Å². The Morgan fingerprint density at radius 2 is 1.68 bits per heavy atom. The van der Waals surface area contributed by atoms with Crippen molar-refractivity contribution < 1.29 is 4.42 Å². The van der Waals surface area contributed by atoms with Crippen molar-refractivity contribution >= 4 is 32.8 Å². The van der Waals surface area contributed by atoms with Crippen molar-refractivity contribution in [2.24, 2.45) is 5.41 Å². The van der Waals surface area contributed by atoms with Gasteiger partial charge in [-0.05, 0) is 71.6 Å². The average molecular weight is 407 g/mol. The molecule has 31 heavy (non-hydrogen) atoms. The van der Waals surface area contributed by atoms with E-state index in [1.165, 1.54) is 42.0 Å². The van der Waals surface area contributed by atoms with Crippen LogP contribution in [0.25, 0.3) is 44.1 Å². The molecule has 2 heterocycles. The summed E-state index contributed by atoms with van der Waals surface area (Å²) in [5.41, 5.74) is 6.36. The highest BCUT2D eigenvalue weighted by Crippen LogP contribution is 2.43. The van der Waals surface area contributed by atoms with Gasteiger partial charge in [0.15, 0.2) is 5.58 Å². The van der Waals surface area contributed by atoms with Gasteiger partial charge in [0.25, 0.3) is 0 Å². The standard InChI is InChI=1S/C28H26N2O/c1-28(2)13-11-19(12-14-28)21-9-10-23-24(16-21)31-27-25(29-17-30-26(23)27)22-8-7-18-5-3-4-6-20(18)15-22/h3-10,15-17,19H,11-14H2,1-2H3. The Balaban J connectivity index is 1.45. The fraction of sp³-hybridized carbons (Fsp3) is 0.286. The van der Waals surface area contributed by atoms with Crippen LogP contribution in [0.2, 0.25) is 0 Å². The zero-order valence-corrected chi connectivity index (χ0v) is 18.1. The second kappa shape index (κ2) is 6.91. The van der Waals surface area contributed by atoms with E-state index in [-0.39, 0.29) is 0 Å². The van der Waals surface area contributed by atoms with Crippen molar-refractivity contribution in [3.8, 4) is 11.3 Å². The van der Waals surface area contributed by atoms with Crippen LogP contribution in [0.1, 0.15) is 51.0 Å². The number of hydrogen-bond donors (Lipinski definition) is 0. The molecular formula is C28H26N2O. The first kappa shape index (κ1) is 18.6. The molecule has 1 aliphatic carbocycles. The third kappa shape index (κ3) is 3.20. The maximum absolute atomic E-state index is 6.40. The molecule has 1 saturated carbocycles. The fourth-order valence-corrected chi connectivity index (χ4v) is 5.12. The predicted molar refractivity (Wildman–Crippen MR) is 127 cm³/mol. The predicted octanol–water partition coefficient (Wildman–Crippen LogP) is 7.88. The molecule has 3 nitrogen and oxygen atoms in total. The van der Waals surface area contributed by atoms with Crippen molar-refractivity contribution in [3.63, 3.8) is 0 Å². The maximum Gasteiger partial charge on any atom is 0.180 e. The topological polar surface area (TPSA) is 38.9 Å². The van der Waals surface area contributed by atoms with Crippen molar-refractivity contribution in [2.75, 3.05) is 0 Å². The lowest BCUT2D eigenvalue weighted by molar-refractivity contribution is 0.224. The van der Waals surface area contributed by atoms with Gasteiger partial charge in [0, 0.05) is 10.9 Å². The van der Waals surface area contributed by atoms with E-state index in [4.69, 9.17) is 4.42 Å². The van der Waals surface area contributed by atoms with E-state index in [1.807, 2.05) is 0 Å². The lowest BCUT2D eigenvalue weighted by Gasteiger charge is -2.34. The SMILES string of the molecule is CC1(C)CCC(c2ccc3c(c2)oc2c(-c4ccc5ccccc5c4)ncnc23)CC1. The minimum absolute atomic E-state index is 0.476. The summed E-state index contributed by atoms with van der Waals surface area (Å²) < 4.78 is 6.40. The Labute approximate surface area is 182 Å². The molecule has 6 rings (SSSR count). The molecule has 2 aromatic heterocycles. The van der Waals surface area contributed by atoms with Crippen molar-refractivity contribution in [1.29, 1.82) is 0 Å². The second-order valence-electron chi connectivity index (χ2n) is 9.76. The Hall–Kier alpha value is -3.20. The van der Waals surface area contributed by atoms with Gasteiger partial charge in [-0.1, -0.05) is 56.3 Å². The number of nitrogens with zero attached hydrogens (tertiary/aromatic N) is 2. The first-order valence-corrected chi connectivity index (χ1v) is 11.2. The molecule has 3 heteroatoms. The molecule has 0 bridgehead atoms. The van der Waals surface area contributed by atoms with Gasteiger partial charge < -0.3 is 4.42 Å². The molecule has 0 radical (unpaired) electrons. The lowest BCUT2D eigenvalue weighted by Crippen LogP contribution is -2.20. The summed E-state index contributed by atoms with van der Waals surface area (Å²) in [5, 5.41) is 3.49. The summed E-state index contributed by atoms with van der Waals surface area (Å²) in [4.78, 5) is 9.18. The third-order valence-electron chi connectivity index (χ3n) is 7.11. The number of benzene rings is 3. The molecule has 0 N–H and O–H groups in total. The summed E-state index contributed by atoms with van der Waals surface area (Å²) in [7, 11) is 0. The van der Waals surface area contributed by atoms with Crippen LogP contribution in [0, 0.1) is 5.41 Å². The highest BCUT2D eigenvalue weighted by atomic mass is 16.3. The monoisotopic (exact) mass is 406 g/mol. The molecule has 1 fully saturated rings. The number of hydrogen-bond acceptors (Lipinski definition) is 3. The lowest BCUT2D eigenvalue weighted by atomic mass is 9.71. The fourth-order valence-electron chi connectivity index (χ4n) is 5.12. The number of fused-ring (bicyclic) bond motifs is 4. The average Bonchev–Trinajstić information content (AvgIpc) is 3.16. The second-order valence-corrected chi connectivity index (χ2v) is 9.76. The molecule has 0 spiro atoms. The summed E-state index contributed by atoms with van der Waals surface area (Å²) in [5.74, 6) is 0.622. The van der Waals surface area contributed by atoms with Gasteiger partial charge in [-0.25, -0.2) is 9.97 Å². The van der Waals surface area contributed by atoms with Crippen LogP contribution in [-0.4, -0.2) is 9.97 Å². The van der Waals surface area contributed by atoms with E-state index in [0.717, 1.165) is 33.3 Å². The van der Waals surface area contributed by atoms with Crippen molar-refractivity contribution in [1.82, 2.24) is 9.97 Å². The van der Waals surface area contributed by atoms with Gasteiger partial charge in [-0.3, -0.25) is 0 Å². The zero-order valence-electron chi connectivity index (χ0n) is 18.1. The van der Waals surface area contributed by atoms with E-state index in [0.29, 0.717) is 11.3 Å². The Morgan fingerprint density at radius 3 is 2.52 bits per heavy atom. The highest BCUT2D eigenvalue weighted by molar-refractivity contribution is 6.06. The molecular weight excluding hydrogens is 380 g/mol. The number of furan rings is 1. The van der Waals surface area contributed by atoms with Crippen LogP contribution >= 0.6 is 0 Å². The van der Waals surface area contributed by atoms with Gasteiger partial charge in [-0.2, -0.15) is 0 Å². The molecule has 3 aromatic carbocycles. The number of aromatic nitrogens is 2. The van der Waals surface area contributed by atoms with Gasteiger partial charge in [0.1, 0.15) is 23.1 Å². The molecule has 154 valence electrons. The van der Waals surface area contributed by atoms with E-state index in [1.54, 1.807) is 6.33 Å². The summed E-state index contributed by atoms with van der Waals surface area (Å²) >= 11 is 0. The largest absolute Gasteiger partial charge is 0.452 e. The van der Waals surface area contributed by atoms with Crippen LogP contribution < -0.4 is 0 Å². The van der Waals surface area contributed by atoms with E-state index in [2.05, 4.69) is 84.5 Å². The van der Waals surface area contributed by atoms with Crippen LogP contribution in [0.4, 0.5) is 0 Å². The normalized spacial score (nSPS) is 17.0. The van der Waals surface area contributed by atoms with E-state index in [9.17, 15) is 0 Å². The number of rotatable bonds is 2. The Bertz CT molecular complexity index is 1420. The summed E-state index contributed by atoms with van der Waals surface area (Å²) in [6, 6.07) is 21.5. The third-order valence-corrected chi connectivity index (χ3v) is 7.11. The van der Waals surface area contributed by atoms with E-state index < -0.39 is 0 Å². The minimum Gasteiger partial charge on any atom is -0.452 e. The Kier molecular flexibility index (Phi) is 4.14. The molecule has 1 aliphatic rings. The zero-order chi connectivity index (χ0) is 21.0. The maximum atomic E-state index is 6.40. The molecule has 0 aliphatic heterocycles. The smallest absolute Gasteiger partial charge is 0.180 e. The molecule has 0 amide bonds. The molecule has 0 atom stereocenters. The summed E-state index contributed by atoms with van der Waals surface area (Å²) in [6.07, 6.45) is 6.72. The van der Waals surface area contributed by atoms with Crippen LogP contribution in [0.15, 0.2) is 71.4 Å². The minimum atomic E-state index is 0.476. The van der Waals surface area contributed by atoms with Crippen molar-refractivity contribution in [2.45, 2.75) is 45.4 Å². The summed E-state index contributed by atoms with van der Waals surface area (Å²) in [6.45, 7) is 4.78. The van der Waals surface area contributed by atoms with Crippen molar-refractivity contribution in [3.05, 3.63) is 72.6 Å². The first-order chi connectivity index (χ1) is 15.1. The quantitative estimate of drug-likeness (QED) is 0.299. The van der Waals surface area contributed by atoms with Gasteiger partial charge in [0.05, 0.1) is 0 Å². The van der Waals surface area contributed by atoms with Crippen LogP contribution in [0.3, 0.4) is 0 Å². The molecule has 5 aromatic rings. The highest BCUT2D eigenvalue weighted by Gasteiger charge is 2.28. The Morgan fingerprint density at radius 1 is 0.871 bits per heavy atom. The van der Waals surface area contributed by atoms with Crippen LogP contribution in [0.5, 0.6) is 0 Å².